The van der Waals surface area contributed by atoms with Gasteiger partial charge in [0.25, 0.3) is 5.91 Å². The average molecular weight is 296 g/mol. The highest BCUT2D eigenvalue weighted by atomic mass is 19.4. The Bertz CT molecular complexity index is 631. The van der Waals surface area contributed by atoms with E-state index in [1.54, 1.807) is 0 Å². The highest BCUT2D eigenvalue weighted by molar-refractivity contribution is 5.93. The maximum absolute atomic E-state index is 12.6. The number of amides is 1. The molecule has 2 rings (SSSR count). The number of rotatable bonds is 3. The van der Waals surface area contributed by atoms with E-state index in [0.29, 0.717) is 5.56 Å². The Kier molecular flexibility index (Phi) is 4.15. The fraction of sp³-hybridized carbons (Fsp3) is 0.231. The lowest BCUT2D eigenvalue weighted by molar-refractivity contribution is -0.141. The standard InChI is InChI=1S/C13H11F3N4O/c1-20(12(21)10-5-17-8-18-6-10)7-9-2-3-19-11(4-9)13(14,15)16/h2-6,8H,7H2,1H3. The molecule has 0 aliphatic carbocycles. The molecule has 0 aliphatic rings. The number of alkyl halides is 3. The third-order valence-corrected chi connectivity index (χ3v) is 2.69. The van der Waals surface area contributed by atoms with Crippen LogP contribution in [0.2, 0.25) is 0 Å². The van der Waals surface area contributed by atoms with Crippen LogP contribution in [-0.2, 0) is 12.7 Å². The summed E-state index contributed by atoms with van der Waals surface area (Å²) in [6.07, 6.45) is 0.544. The van der Waals surface area contributed by atoms with Gasteiger partial charge >= 0.3 is 6.18 Å². The first-order valence-corrected chi connectivity index (χ1v) is 5.90. The van der Waals surface area contributed by atoms with E-state index in [9.17, 15) is 18.0 Å². The number of aromatic nitrogens is 3. The van der Waals surface area contributed by atoms with Gasteiger partial charge in [0.2, 0.25) is 0 Å². The molecule has 0 saturated carbocycles. The molecule has 0 aliphatic heterocycles. The van der Waals surface area contributed by atoms with Crippen molar-refractivity contribution < 1.29 is 18.0 Å². The van der Waals surface area contributed by atoms with Crippen molar-refractivity contribution in [2.75, 3.05) is 7.05 Å². The second-order valence-corrected chi connectivity index (χ2v) is 4.34. The minimum absolute atomic E-state index is 0.0271. The average Bonchev–Trinajstić information content (AvgIpc) is 2.47. The molecule has 0 unspecified atom stereocenters. The number of pyridine rings is 1. The van der Waals surface area contributed by atoms with Crippen molar-refractivity contribution in [2.45, 2.75) is 12.7 Å². The predicted octanol–water partition coefficient (Wildman–Crippen LogP) is 2.16. The Hall–Kier alpha value is -2.51. The molecule has 0 bridgehead atoms. The fourth-order valence-electron chi connectivity index (χ4n) is 1.70. The van der Waals surface area contributed by atoms with Gasteiger partial charge < -0.3 is 4.90 Å². The largest absolute Gasteiger partial charge is 0.433 e. The first-order chi connectivity index (χ1) is 9.88. The molecule has 0 radical (unpaired) electrons. The molecule has 5 nitrogen and oxygen atoms in total. The lowest BCUT2D eigenvalue weighted by atomic mass is 10.2. The topological polar surface area (TPSA) is 59.0 Å². The van der Waals surface area contributed by atoms with E-state index in [0.717, 1.165) is 12.3 Å². The van der Waals surface area contributed by atoms with Crippen molar-refractivity contribution in [1.82, 2.24) is 19.9 Å². The predicted molar refractivity (Wildman–Crippen MR) is 67.1 cm³/mol. The molecule has 0 atom stereocenters. The third kappa shape index (κ3) is 3.74. The number of nitrogens with zero attached hydrogens (tertiary/aromatic N) is 4. The highest BCUT2D eigenvalue weighted by Gasteiger charge is 2.32. The van der Waals surface area contributed by atoms with E-state index in [1.165, 1.54) is 36.7 Å². The minimum Gasteiger partial charge on any atom is -0.337 e. The van der Waals surface area contributed by atoms with Gasteiger partial charge in [0.1, 0.15) is 12.0 Å². The summed E-state index contributed by atoms with van der Waals surface area (Å²) in [4.78, 5) is 24.0. The van der Waals surface area contributed by atoms with Crippen molar-refractivity contribution in [2.24, 2.45) is 0 Å². The van der Waals surface area contributed by atoms with Crippen LogP contribution in [0.4, 0.5) is 13.2 Å². The van der Waals surface area contributed by atoms with Crippen LogP contribution in [0.15, 0.2) is 37.1 Å². The van der Waals surface area contributed by atoms with Crippen LogP contribution >= 0.6 is 0 Å². The summed E-state index contributed by atoms with van der Waals surface area (Å²) in [7, 11) is 1.49. The zero-order valence-corrected chi connectivity index (χ0v) is 11.0. The van der Waals surface area contributed by atoms with Crippen LogP contribution < -0.4 is 0 Å². The zero-order chi connectivity index (χ0) is 15.5. The molecule has 21 heavy (non-hydrogen) atoms. The van der Waals surface area contributed by atoms with Crippen molar-refractivity contribution in [3.63, 3.8) is 0 Å². The van der Waals surface area contributed by atoms with Crippen molar-refractivity contribution in [3.05, 3.63) is 53.9 Å². The normalized spacial score (nSPS) is 11.2. The maximum Gasteiger partial charge on any atom is 0.433 e. The quantitative estimate of drug-likeness (QED) is 0.871. The molecule has 0 fully saturated rings. The van der Waals surface area contributed by atoms with E-state index < -0.39 is 11.9 Å². The molecule has 2 heterocycles. The molecular weight excluding hydrogens is 285 g/mol. The van der Waals surface area contributed by atoms with Gasteiger partial charge in [-0.15, -0.1) is 0 Å². The van der Waals surface area contributed by atoms with Crippen molar-refractivity contribution >= 4 is 5.91 Å². The summed E-state index contributed by atoms with van der Waals surface area (Å²) in [6, 6.07) is 2.35. The first-order valence-electron chi connectivity index (χ1n) is 5.90. The third-order valence-electron chi connectivity index (χ3n) is 2.69. The second kappa shape index (κ2) is 5.86. The summed E-state index contributed by atoms with van der Waals surface area (Å²) in [6.45, 7) is 0.0271. The van der Waals surface area contributed by atoms with Gasteiger partial charge in [-0.05, 0) is 17.7 Å². The molecule has 2 aromatic rings. The Balaban J connectivity index is 2.13. The molecular formula is C13H11F3N4O. The Morgan fingerprint density at radius 2 is 1.95 bits per heavy atom. The van der Waals surface area contributed by atoms with Gasteiger partial charge in [-0.25, -0.2) is 9.97 Å². The van der Waals surface area contributed by atoms with Gasteiger partial charge in [0, 0.05) is 32.2 Å². The lowest BCUT2D eigenvalue weighted by Crippen LogP contribution is -2.26. The summed E-state index contributed by atoms with van der Waals surface area (Å²) in [5, 5.41) is 0. The van der Waals surface area contributed by atoms with E-state index in [-0.39, 0.29) is 18.0 Å². The number of halogens is 3. The Morgan fingerprint density at radius 3 is 2.57 bits per heavy atom. The molecule has 0 spiro atoms. The molecule has 1 amide bonds. The smallest absolute Gasteiger partial charge is 0.337 e. The van der Waals surface area contributed by atoms with Gasteiger partial charge in [-0.2, -0.15) is 13.2 Å². The summed E-state index contributed by atoms with van der Waals surface area (Å²) >= 11 is 0. The first kappa shape index (κ1) is 14.9. The Morgan fingerprint density at radius 1 is 1.29 bits per heavy atom. The van der Waals surface area contributed by atoms with Crippen molar-refractivity contribution in [3.8, 4) is 0 Å². The van der Waals surface area contributed by atoms with E-state index in [2.05, 4.69) is 15.0 Å². The van der Waals surface area contributed by atoms with Crippen LogP contribution in [0, 0.1) is 0 Å². The van der Waals surface area contributed by atoms with Gasteiger partial charge in [-0.3, -0.25) is 9.78 Å². The molecule has 0 saturated heterocycles. The molecule has 0 N–H and O–H groups in total. The number of carbonyl (C=O) groups is 1. The van der Waals surface area contributed by atoms with Crippen LogP contribution in [-0.4, -0.2) is 32.8 Å². The summed E-state index contributed by atoms with van der Waals surface area (Å²) in [5.41, 5.74) is -0.376. The van der Waals surface area contributed by atoms with Gasteiger partial charge in [-0.1, -0.05) is 0 Å². The molecule has 110 valence electrons. The maximum atomic E-state index is 12.6. The summed E-state index contributed by atoms with van der Waals surface area (Å²) in [5.74, 6) is -0.374. The molecule has 8 heteroatoms. The van der Waals surface area contributed by atoms with Crippen LogP contribution in [0.3, 0.4) is 0 Å². The Labute approximate surface area is 118 Å². The number of hydrogen-bond donors (Lipinski definition) is 0. The van der Waals surface area contributed by atoms with Gasteiger partial charge in [0.15, 0.2) is 0 Å². The van der Waals surface area contributed by atoms with E-state index in [4.69, 9.17) is 0 Å². The lowest BCUT2D eigenvalue weighted by Gasteiger charge is -2.17. The number of carbonyl (C=O) groups excluding carboxylic acids is 1. The van der Waals surface area contributed by atoms with Gasteiger partial charge in [0.05, 0.1) is 5.56 Å². The monoisotopic (exact) mass is 296 g/mol. The van der Waals surface area contributed by atoms with Crippen molar-refractivity contribution in [1.29, 1.82) is 0 Å². The molecule has 0 aromatic carbocycles. The summed E-state index contributed by atoms with van der Waals surface area (Å²) < 4.78 is 37.7. The fourth-order valence-corrected chi connectivity index (χ4v) is 1.70. The van der Waals surface area contributed by atoms with E-state index in [1.807, 2.05) is 0 Å². The van der Waals surface area contributed by atoms with Crippen LogP contribution in [0.25, 0.3) is 0 Å². The second-order valence-electron chi connectivity index (χ2n) is 4.34. The minimum atomic E-state index is -4.51. The zero-order valence-electron chi connectivity index (χ0n) is 11.0. The highest BCUT2D eigenvalue weighted by Crippen LogP contribution is 2.27. The van der Waals surface area contributed by atoms with Crippen LogP contribution in [0.5, 0.6) is 0 Å². The van der Waals surface area contributed by atoms with Crippen LogP contribution in [0.1, 0.15) is 21.6 Å². The number of hydrogen-bond acceptors (Lipinski definition) is 4. The molecule has 2 aromatic heterocycles. The van der Waals surface area contributed by atoms with E-state index >= 15 is 0 Å². The SMILES string of the molecule is CN(Cc1ccnc(C(F)(F)F)c1)C(=O)c1cncnc1.